The highest BCUT2D eigenvalue weighted by Gasteiger charge is 2.24. The van der Waals surface area contributed by atoms with E-state index in [-0.39, 0.29) is 0 Å². The zero-order valence-corrected chi connectivity index (χ0v) is 10.2. The molecule has 0 aromatic carbocycles. The van der Waals surface area contributed by atoms with Crippen LogP contribution in [-0.4, -0.2) is 24.8 Å². The minimum atomic E-state index is 0.456. The van der Waals surface area contributed by atoms with E-state index in [9.17, 15) is 0 Å². The predicted molar refractivity (Wildman–Crippen MR) is 63.0 cm³/mol. The van der Waals surface area contributed by atoms with E-state index in [0.29, 0.717) is 12.1 Å². The van der Waals surface area contributed by atoms with Gasteiger partial charge in [0.15, 0.2) is 0 Å². The standard InChI is InChI=1S/C13H25NO/c1-10-4-3-5-12(8-10)14-13-6-7-15-11(2)9-13/h10-14H,3-9H2,1-2H3. The Hall–Kier alpha value is -0.0800. The Morgan fingerprint density at radius 3 is 2.53 bits per heavy atom. The average Bonchev–Trinajstić information content (AvgIpc) is 2.17. The second-order valence-electron chi connectivity index (χ2n) is 5.54. The molecule has 0 radical (unpaired) electrons. The molecule has 4 unspecified atom stereocenters. The molecule has 2 fully saturated rings. The van der Waals surface area contributed by atoms with E-state index in [4.69, 9.17) is 4.74 Å². The summed E-state index contributed by atoms with van der Waals surface area (Å²) in [5, 5.41) is 3.84. The summed E-state index contributed by atoms with van der Waals surface area (Å²) in [6.45, 7) is 5.53. The quantitative estimate of drug-likeness (QED) is 0.758. The lowest BCUT2D eigenvalue weighted by atomic mass is 9.86. The van der Waals surface area contributed by atoms with E-state index in [2.05, 4.69) is 19.2 Å². The van der Waals surface area contributed by atoms with Crippen LogP contribution in [0.3, 0.4) is 0 Å². The van der Waals surface area contributed by atoms with Gasteiger partial charge >= 0.3 is 0 Å². The van der Waals surface area contributed by atoms with E-state index < -0.39 is 0 Å². The molecule has 1 aliphatic carbocycles. The molecule has 0 amide bonds. The molecule has 1 heterocycles. The monoisotopic (exact) mass is 211 g/mol. The summed E-state index contributed by atoms with van der Waals surface area (Å²) in [4.78, 5) is 0. The van der Waals surface area contributed by atoms with Gasteiger partial charge in [0, 0.05) is 18.7 Å². The molecule has 2 heteroatoms. The van der Waals surface area contributed by atoms with Gasteiger partial charge in [-0.25, -0.2) is 0 Å². The molecule has 1 saturated carbocycles. The molecule has 0 aromatic rings. The third kappa shape index (κ3) is 3.46. The van der Waals surface area contributed by atoms with Gasteiger partial charge in [0.05, 0.1) is 6.10 Å². The van der Waals surface area contributed by atoms with Crippen molar-refractivity contribution < 1.29 is 4.74 Å². The fraction of sp³-hybridized carbons (Fsp3) is 1.00. The largest absolute Gasteiger partial charge is 0.378 e. The highest BCUT2D eigenvalue weighted by Crippen LogP contribution is 2.25. The lowest BCUT2D eigenvalue weighted by Gasteiger charge is -2.34. The second-order valence-corrected chi connectivity index (χ2v) is 5.54. The SMILES string of the molecule is CC1CCCC(NC2CCOC(C)C2)C1. The number of hydrogen-bond donors (Lipinski definition) is 1. The molecule has 0 aromatic heterocycles. The van der Waals surface area contributed by atoms with E-state index in [1.807, 2.05) is 0 Å². The van der Waals surface area contributed by atoms with Crippen molar-refractivity contribution >= 4 is 0 Å². The van der Waals surface area contributed by atoms with Gasteiger partial charge in [-0.05, 0) is 38.5 Å². The minimum absolute atomic E-state index is 0.456. The molecule has 2 nitrogen and oxygen atoms in total. The summed E-state index contributed by atoms with van der Waals surface area (Å²) in [7, 11) is 0. The topological polar surface area (TPSA) is 21.3 Å². The zero-order chi connectivity index (χ0) is 10.7. The van der Waals surface area contributed by atoms with Crippen molar-refractivity contribution in [1.29, 1.82) is 0 Å². The molecule has 2 rings (SSSR count). The van der Waals surface area contributed by atoms with Crippen molar-refractivity contribution in [1.82, 2.24) is 5.32 Å². The summed E-state index contributed by atoms with van der Waals surface area (Å²) in [6.07, 6.45) is 8.47. The molecule has 0 spiro atoms. The molecule has 88 valence electrons. The van der Waals surface area contributed by atoms with Crippen LogP contribution in [0.15, 0.2) is 0 Å². The first-order valence-electron chi connectivity index (χ1n) is 6.61. The maximum Gasteiger partial charge on any atom is 0.0561 e. The van der Waals surface area contributed by atoms with Crippen molar-refractivity contribution in [2.24, 2.45) is 5.92 Å². The van der Waals surface area contributed by atoms with Gasteiger partial charge in [-0.1, -0.05) is 19.8 Å². The Balaban J connectivity index is 1.75. The molecule has 15 heavy (non-hydrogen) atoms. The van der Waals surface area contributed by atoms with Crippen LogP contribution in [0.4, 0.5) is 0 Å². The smallest absolute Gasteiger partial charge is 0.0561 e. The number of hydrogen-bond acceptors (Lipinski definition) is 2. The molecule has 0 bridgehead atoms. The third-order valence-corrected chi connectivity index (χ3v) is 3.89. The molecular weight excluding hydrogens is 186 g/mol. The summed E-state index contributed by atoms with van der Waals surface area (Å²) in [6, 6.07) is 1.49. The average molecular weight is 211 g/mol. The van der Waals surface area contributed by atoms with Crippen LogP contribution >= 0.6 is 0 Å². The molecular formula is C13H25NO. The van der Waals surface area contributed by atoms with Crippen molar-refractivity contribution in [3.8, 4) is 0 Å². The Morgan fingerprint density at radius 2 is 1.80 bits per heavy atom. The van der Waals surface area contributed by atoms with Crippen LogP contribution < -0.4 is 5.32 Å². The first-order valence-corrected chi connectivity index (χ1v) is 6.61. The fourth-order valence-electron chi connectivity index (χ4n) is 3.07. The lowest BCUT2D eigenvalue weighted by molar-refractivity contribution is 0.00984. The van der Waals surface area contributed by atoms with Gasteiger partial charge in [-0.2, -0.15) is 0 Å². The first-order chi connectivity index (χ1) is 7.24. The van der Waals surface area contributed by atoms with Crippen LogP contribution in [0.2, 0.25) is 0 Å². The summed E-state index contributed by atoms with van der Waals surface area (Å²) >= 11 is 0. The first kappa shape index (κ1) is 11.4. The highest BCUT2D eigenvalue weighted by molar-refractivity contribution is 4.82. The maximum absolute atomic E-state index is 5.58. The Kier molecular flexibility index (Phi) is 4.04. The van der Waals surface area contributed by atoms with Gasteiger partial charge < -0.3 is 10.1 Å². The minimum Gasteiger partial charge on any atom is -0.378 e. The molecule has 2 aliphatic rings. The van der Waals surface area contributed by atoms with Gasteiger partial charge in [0.25, 0.3) is 0 Å². The lowest BCUT2D eigenvalue weighted by Crippen LogP contribution is -2.45. The molecule has 1 N–H and O–H groups in total. The van der Waals surface area contributed by atoms with E-state index in [1.165, 1.54) is 38.5 Å². The second kappa shape index (κ2) is 5.31. The van der Waals surface area contributed by atoms with Crippen LogP contribution in [0, 0.1) is 5.92 Å². The van der Waals surface area contributed by atoms with Crippen LogP contribution in [0.25, 0.3) is 0 Å². The van der Waals surface area contributed by atoms with Crippen LogP contribution in [0.1, 0.15) is 52.4 Å². The van der Waals surface area contributed by atoms with Crippen LogP contribution in [0.5, 0.6) is 0 Å². The van der Waals surface area contributed by atoms with E-state index in [0.717, 1.165) is 18.6 Å². The predicted octanol–water partition coefficient (Wildman–Crippen LogP) is 2.72. The number of rotatable bonds is 2. The van der Waals surface area contributed by atoms with Crippen molar-refractivity contribution in [3.63, 3.8) is 0 Å². The van der Waals surface area contributed by atoms with E-state index >= 15 is 0 Å². The Morgan fingerprint density at radius 1 is 1.00 bits per heavy atom. The summed E-state index contributed by atoms with van der Waals surface area (Å²) in [5.41, 5.74) is 0. The fourth-order valence-corrected chi connectivity index (χ4v) is 3.07. The van der Waals surface area contributed by atoms with E-state index in [1.54, 1.807) is 0 Å². The highest BCUT2D eigenvalue weighted by atomic mass is 16.5. The number of nitrogens with one attached hydrogen (secondary N) is 1. The molecule has 4 atom stereocenters. The van der Waals surface area contributed by atoms with Gasteiger partial charge in [-0.3, -0.25) is 0 Å². The molecule has 1 aliphatic heterocycles. The zero-order valence-electron chi connectivity index (χ0n) is 10.2. The Labute approximate surface area is 93.8 Å². The van der Waals surface area contributed by atoms with Crippen molar-refractivity contribution in [2.75, 3.05) is 6.61 Å². The normalized spacial score (nSPS) is 42.8. The third-order valence-electron chi connectivity index (χ3n) is 3.89. The Bertz CT molecular complexity index is 175. The maximum atomic E-state index is 5.58. The van der Waals surface area contributed by atoms with Crippen LogP contribution in [-0.2, 0) is 4.74 Å². The van der Waals surface area contributed by atoms with Gasteiger partial charge in [0.1, 0.15) is 0 Å². The molecule has 1 saturated heterocycles. The summed E-state index contributed by atoms with van der Waals surface area (Å²) in [5.74, 6) is 0.925. The van der Waals surface area contributed by atoms with Crippen molar-refractivity contribution in [2.45, 2.75) is 70.6 Å². The van der Waals surface area contributed by atoms with Crippen molar-refractivity contribution in [3.05, 3.63) is 0 Å². The summed E-state index contributed by atoms with van der Waals surface area (Å²) < 4.78 is 5.58. The number of ether oxygens (including phenoxy) is 1. The van der Waals surface area contributed by atoms with Gasteiger partial charge in [0.2, 0.25) is 0 Å². The van der Waals surface area contributed by atoms with Gasteiger partial charge in [-0.15, -0.1) is 0 Å².